The van der Waals surface area contributed by atoms with E-state index in [9.17, 15) is 9.90 Å². The minimum absolute atomic E-state index is 0.236. The van der Waals surface area contributed by atoms with Gasteiger partial charge in [0.25, 0.3) is 5.56 Å². The number of nitrogens with zero attached hydrogens (tertiary/aromatic N) is 2. The maximum absolute atomic E-state index is 12.1. The van der Waals surface area contributed by atoms with E-state index in [0.717, 1.165) is 22.2 Å². The zero-order valence-electron chi connectivity index (χ0n) is 12.8. The van der Waals surface area contributed by atoms with Crippen LogP contribution >= 0.6 is 0 Å². The molecule has 0 fully saturated rings. The van der Waals surface area contributed by atoms with Crippen LogP contribution in [0.2, 0.25) is 0 Å². The quantitative estimate of drug-likeness (QED) is 0.634. The van der Waals surface area contributed by atoms with Crippen LogP contribution in [0.1, 0.15) is 5.56 Å². The molecule has 1 aliphatic rings. The summed E-state index contributed by atoms with van der Waals surface area (Å²) in [5.74, 6) is 0. The van der Waals surface area contributed by atoms with E-state index < -0.39 is 12.3 Å². The fraction of sp³-hybridized carbons (Fsp3) is 0.167. The highest BCUT2D eigenvalue weighted by Crippen LogP contribution is 2.26. The van der Waals surface area contributed by atoms with Gasteiger partial charge in [-0.2, -0.15) is 5.11 Å². The maximum Gasteiger partial charge on any atom is 0.276 e. The molecule has 6 heteroatoms. The normalized spacial score (nSPS) is 20.0. The lowest BCUT2D eigenvalue weighted by Crippen LogP contribution is -2.37. The number of aromatic nitrogens is 1. The Balaban J connectivity index is 1.63. The number of pyridine rings is 1. The van der Waals surface area contributed by atoms with Crippen molar-refractivity contribution in [3.05, 3.63) is 70.5 Å². The zero-order valence-corrected chi connectivity index (χ0v) is 12.8. The van der Waals surface area contributed by atoms with Crippen molar-refractivity contribution in [2.75, 3.05) is 5.32 Å². The Labute approximate surface area is 137 Å². The Morgan fingerprint density at radius 1 is 1.08 bits per heavy atom. The van der Waals surface area contributed by atoms with Crippen LogP contribution in [0.5, 0.6) is 0 Å². The first-order valence-electron chi connectivity index (χ1n) is 7.76. The highest BCUT2D eigenvalue weighted by atomic mass is 16.3. The van der Waals surface area contributed by atoms with E-state index >= 15 is 0 Å². The second kappa shape index (κ2) is 5.90. The van der Waals surface area contributed by atoms with E-state index in [4.69, 9.17) is 0 Å². The largest absolute Gasteiger partial charge is 0.371 e. The van der Waals surface area contributed by atoms with Crippen molar-refractivity contribution in [3.8, 4) is 0 Å². The molecule has 2 atom stereocenters. The molecule has 0 amide bonds. The van der Waals surface area contributed by atoms with Gasteiger partial charge in [-0.15, -0.1) is 5.11 Å². The van der Waals surface area contributed by atoms with Gasteiger partial charge in [-0.05, 0) is 23.8 Å². The van der Waals surface area contributed by atoms with Crippen molar-refractivity contribution >= 4 is 22.3 Å². The summed E-state index contributed by atoms with van der Waals surface area (Å²) in [4.78, 5) is 14.9. The van der Waals surface area contributed by atoms with Crippen molar-refractivity contribution in [1.29, 1.82) is 0 Å². The summed E-state index contributed by atoms with van der Waals surface area (Å²) in [5, 5.41) is 22.4. The second-order valence-electron chi connectivity index (χ2n) is 5.80. The lowest BCUT2D eigenvalue weighted by atomic mass is 9.99. The van der Waals surface area contributed by atoms with Crippen LogP contribution in [0.3, 0.4) is 0 Å². The molecular weight excluding hydrogens is 304 g/mol. The lowest BCUT2D eigenvalue weighted by Gasteiger charge is -2.27. The van der Waals surface area contributed by atoms with Gasteiger partial charge in [0.1, 0.15) is 12.3 Å². The first kappa shape index (κ1) is 14.6. The van der Waals surface area contributed by atoms with Crippen molar-refractivity contribution < 1.29 is 5.11 Å². The summed E-state index contributed by atoms with van der Waals surface area (Å²) in [5.41, 5.74) is 2.67. The summed E-state index contributed by atoms with van der Waals surface area (Å²) >= 11 is 0. The molecule has 2 aromatic carbocycles. The molecule has 2 unspecified atom stereocenters. The molecular formula is C18H16N4O2. The fourth-order valence-electron chi connectivity index (χ4n) is 2.88. The van der Waals surface area contributed by atoms with Crippen LogP contribution in [0.15, 0.2) is 69.6 Å². The fourth-order valence-corrected chi connectivity index (χ4v) is 2.88. The van der Waals surface area contributed by atoms with Crippen LogP contribution in [-0.2, 0) is 6.42 Å². The summed E-state index contributed by atoms with van der Waals surface area (Å²) in [6.45, 7) is 0. The van der Waals surface area contributed by atoms with Crippen LogP contribution < -0.4 is 10.9 Å². The van der Waals surface area contributed by atoms with Crippen molar-refractivity contribution in [1.82, 2.24) is 4.98 Å². The number of aliphatic hydroxyl groups excluding tert-OH is 1. The highest BCUT2D eigenvalue weighted by Gasteiger charge is 2.26. The van der Waals surface area contributed by atoms with Gasteiger partial charge < -0.3 is 15.4 Å². The van der Waals surface area contributed by atoms with E-state index in [0.29, 0.717) is 6.42 Å². The number of rotatable bonds is 2. The number of aromatic amines is 1. The number of azo groups is 1. The monoisotopic (exact) mass is 320 g/mol. The number of nitrogens with one attached hydrogen (secondary N) is 2. The molecule has 1 aromatic heterocycles. The number of fused-ring (bicyclic) bond motifs is 2. The third-order valence-corrected chi connectivity index (χ3v) is 4.16. The Hall–Kier alpha value is -2.99. The van der Waals surface area contributed by atoms with Gasteiger partial charge in [0, 0.05) is 23.0 Å². The number of anilines is 1. The molecule has 0 bridgehead atoms. The molecule has 0 aliphatic carbocycles. The molecule has 24 heavy (non-hydrogen) atoms. The highest BCUT2D eigenvalue weighted by molar-refractivity contribution is 5.80. The summed E-state index contributed by atoms with van der Waals surface area (Å²) in [6, 6.07) is 16.5. The molecule has 0 spiro atoms. The molecule has 0 radical (unpaired) electrons. The van der Waals surface area contributed by atoms with Crippen LogP contribution in [0.25, 0.3) is 10.9 Å². The minimum atomic E-state index is -0.830. The van der Waals surface area contributed by atoms with Gasteiger partial charge in [-0.25, -0.2) is 0 Å². The third-order valence-electron chi connectivity index (χ3n) is 4.16. The molecule has 6 nitrogen and oxygen atoms in total. The number of aliphatic hydroxyl groups is 1. The smallest absolute Gasteiger partial charge is 0.276 e. The minimum Gasteiger partial charge on any atom is -0.371 e. The van der Waals surface area contributed by atoms with E-state index in [2.05, 4.69) is 20.5 Å². The van der Waals surface area contributed by atoms with Gasteiger partial charge in [0.15, 0.2) is 5.69 Å². The Kier molecular flexibility index (Phi) is 3.59. The Bertz CT molecular complexity index is 980. The third kappa shape index (κ3) is 2.68. The lowest BCUT2D eigenvalue weighted by molar-refractivity contribution is 0.165. The van der Waals surface area contributed by atoms with E-state index in [1.807, 2.05) is 48.5 Å². The molecule has 120 valence electrons. The van der Waals surface area contributed by atoms with Gasteiger partial charge in [0.2, 0.25) is 0 Å². The zero-order chi connectivity index (χ0) is 16.5. The predicted molar refractivity (Wildman–Crippen MR) is 92.6 cm³/mol. The topological polar surface area (TPSA) is 89.8 Å². The first-order valence-corrected chi connectivity index (χ1v) is 7.76. The van der Waals surface area contributed by atoms with Crippen LogP contribution in [0, 0.1) is 0 Å². The Morgan fingerprint density at radius 2 is 1.88 bits per heavy atom. The van der Waals surface area contributed by atoms with Crippen molar-refractivity contribution in [3.63, 3.8) is 0 Å². The number of hydrogen-bond donors (Lipinski definition) is 3. The number of benzene rings is 2. The number of para-hydroxylation sites is 2. The van der Waals surface area contributed by atoms with E-state index in [1.54, 1.807) is 6.07 Å². The molecule has 0 saturated heterocycles. The van der Waals surface area contributed by atoms with Gasteiger partial charge >= 0.3 is 0 Å². The van der Waals surface area contributed by atoms with Crippen molar-refractivity contribution in [2.24, 2.45) is 10.2 Å². The van der Waals surface area contributed by atoms with Gasteiger partial charge in [0.05, 0.1) is 0 Å². The first-order chi connectivity index (χ1) is 11.7. The summed E-state index contributed by atoms with van der Waals surface area (Å²) < 4.78 is 0. The van der Waals surface area contributed by atoms with Crippen LogP contribution in [0.4, 0.5) is 11.4 Å². The number of H-pyrrole nitrogens is 1. The van der Waals surface area contributed by atoms with Gasteiger partial charge in [-0.3, -0.25) is 4.79 Å². The second-order valence-corrected chi connectivity index (χ2v) is 5.80. The average Bonchev–Trinajstić information content (AvgIpc) is 2.60. The van der Waals surface area contributed by atoms with E-state index in [-0.39, 0.29) is 11.2 Å². The summed E-state index contributed by atoms with van der Waals surface area (Å²) in [7, 11) is 0. The Morgan fingerprint density at radius 3 is 2.79 bits per heavy atom. The van der Waals surface area contributed by atoms with Crippen molar-refractivity contribution in [2.45, 2.75) is 18.7 Å². The molecule has 1 aliphatic heterocycles. The molecule has 4 rings (SSSR count). The van der Waals surface area contributed by atoms with E-state index in [1.165, 1.54) is 0 Å². The predicted octanol–water partition coefficient (Wildman–Crippen LogP) is 2.97. The molecule has 0 saturated carbocycles. The average molecular weight is 320 g/mol. The van der Waals surface area contributed by atoms with Crippen LogP contribution in [-0.4, -0.2) is 22.4 Å². The molecule has 3 aromatic rings. The number of hydrogen-bond acceptors (Lipinski definition) is 5. The molecule has 3 N–H and O–H groups in total. The maximum atomic E-state index is 12.1. The summed E-state index contributed by atoms with van der Waals surface area (Å²) in [6.07, 6.45) is -0.262. The SMILES string of the molecule is O=c1[nH]c2ccccc2cc1N=NC1Cc2ccccc2NC1O. The standard InChI is InChI=1S/C18H16N4O2/c23-17-15(9-11-5-1-3-7-13(11)19-17)21-22-16-10-12-6-2-4-8-14(12)20-18(16)24/h1-9,16,18,20,24H,10H2,(H,19,23). The van der Waals surface area contributed by atoms with Gasteiger partial charge in [-0.1, -0.05) is 36.4 Å². The molecule has 2 heterocycles.